The molecule has 9 nitrogen and oxygen atoms in total. The summed E-state index contributed by atoms with van der Waals surface area (Å²) < 4.78 is 8.22. The van der Waals surface area contributed by atoms with Crippen molar-refractivity contribution in [3.05, 3.63) is 47.2 Å². The first-order valence-corrected chi connectivity index (χ1v) is 12.1. The molecule has 2 bridgehead atoms. The molecule has 0 spiro atoms. The van der Waals surface area contributed by atoms with Crippen molar-refractivity contribution < 1.29 is 9.84 Å². The summed E-state index contributed by atoms with van der Waals surface area (Å²) in [5, 5.41) is 26.2. The number of nitrogens with two attached hydrogens (primary N) is 1. The van der Waals surface area contributed by atoms with E-state index in [0.717, 1.165) is 52.9 Å². The molecule has 2 aromatic heterocycles. The highest BCUT2D eigenvalue weighted by molar-refractivity contribution is 5.87. The molecule has 0 saturated carbocycles. The number of hydrogen-bond acceptors (Lipinski definition) is 7. The van der Waals surface area contributed by atoms with Crippen LogP contribution in [-0.4, -0.2) is 68.9 Å². The zero-order chi connectivity index (χ0) is 24.2. The number of likely N-dealkylation sites (N-methyl/N-ethyl adjacent to an activating group) is 1. The lowest BCUT2D eigenvalue weighted by Crippen LogP contribution is -2.32. The Labute approximate surface area is 201 Å². The van der Waals surface area contributed by atoms with Crippen molar-refractivity contribution in [3.63, 3.8) is 0 Å². The quantitative estimate of drug-likeness (QED) is 0.455. The van der Waals surface area contributed by atoms with Gasteiger partial charge in [-0.05, 0) is 37.6 Å². The van der Waals surface area contributed by atoms with Gasteiger partial charge < -0.3 is 20.9 Å². The number of fused-ring (bicyclic) bond motifs is 3. The van der Waals surface area contributed by atoms with Crippen LogP contribution in [0.2, 0.25) is 0 Å². The fraction of sp³-hybridized carbons (Fsp3) is 0.520. The second kappa shape index (κ2) is 10.6. The number of aliphatic hydroxyl groups is 1. The lowest BCUT2D eigenvalue weighted by molar-refractivity contribution is 0.136. The first kappa shape index (κ1) is 24.3. The van der Waals surface area contributed by atoms with E-state index in [1.807, 2.05) is 24.9 Å². The Morgan fingerprint density at radius 3 is 2.94 bits per heavy atom. The molecule has 0 radical (unpaired) electrons. The van der Waals surface area contributed by atoms with Crippen LogP contribution >= 0.6 is 0 Å². The number of benzene rings is 1. The predicted octanol–water partition coefficient (Wildman–Crippen LogP) is 2.45. The van der Waals surface area contributed by atoms with E-state index >= 15 is 0 Å². The smallest absolute Gasteiger partial charge is 0.187 e. The second-order valence-corrected chi connectivity index (χ2v) is 9.11. The molecule has 0 aliphatic carbocycles. The number of aromatic amines is 1. The van der Waals surface area contributed by atoms with Crippen molar-refractivity contribution in [2.45, 2.75) is 45.7 Å². The van der Waals surface area contributed by atoms with Gasteiger partial charge in [0, 0.05) is 60.9 Å². The van der Waals surface area contributed by atoms with Gasteiger partial charge in [-0.1, -0.05) is 19.9 Å². The number of ether oxygens (including phenoxy) is 1. The first-order chi connectivity index (χ1) is 16.4. The van der Waals surface area contributed by atoms with Crippen LogP contribution in [0.5, 0.6) is 0 Å². The summed E-state index contributed by atoms with van der Waals surface area (Å²) in [6.07, 6.45) is 2.66. The van der Waals surface area contributed by atoms with Crippen molar-refractivity contribution in [2.24, 2.45) is 12.8 Å². The van der Waals surface area contributed by atoms with Crippen LogP contribution in [-0.2, 0) is 18.3 Å². The van der Waals surface area contributed by atoms with Crippen LogP contribution in [0.25, 0.3) is 22.0 Å². The molecule has 0 amide bonds. The molecule has 2 atom stereocenters. The Morgan fingerprint density at radius 2 is 2.21 bits per heavy atom. The highest BCUT2D eigenvalue weighted by Gasteiger charge is 2.22. The third-order valence-electron chi connectivity index (χ3n) is 6.69. The number of aliphatic hydroxyl groups excluding tert-OH is 1. The average Bonchev–Trinajstić information content (AvgIpc) is 3.41. The van der Waals surface area contributed by atoms with E-state index in [4.69, 9.17) is 10.5 Å². The van der Waals surface area contributed by atoms with Gasteiger partial charge in [-0.3, -0.25) is 14.7 Å². The SMILES string of the molecule is CCN1CCO/C(NCCO)=C(/C(C)N)CC(C)c2[nH]nc3ccc(cc23)-c2cnn(C)c2C1. The molecule has 34 heavy (non-hydrogen) atoms. The van der Waals surface area contributed by atoms with Crippen molar-refractivity contribution in [3.8, 4) is 11.1 Å². The Morgan fingerprint density at radius 1 is 1.38 bits per heavy atom. The minimum absolute atomic E-state index is 0.0208. The van der Waals surface area contributed by atoms with Crippen LogP contribution in [0.4, 0.5) is 0 Å². The highest BCUT2D eigenvalue weighted by Crippen LogP contribution is 2.33. The zero-order valence-electron chi connectivity index (χ0n) is 20.6. The van der Waals surface area contributed by atoms with Crippen LogP contribution in [0.15, 0.2) is 35.9 Å². The normalized spacial score (nSPS) is 21.1. The van der Waals surface area contributed by atoms with E-state index < -0.39 is 0 Å². The third kappa shape index (κ3) is 4.96. The maximum atomic E-state index is 9.41. The van der Waals surface area contributed by atoms with Gasteiger partial charge >= 0.3 is 0 Å². The molecule has 1 aliphatic heterocycles. The Balaban J connectivity index is 1.83. The summed E-state index contributed by atoms with van der Waals surface area (Å²) in [7, 11) is 2.00. The number of hydrogen-bond donors (Lipinski definition) is 4. The number of nitrogens with one attached hydrogen (secondary N) is 2. The van der Waals surface area contributed by atoms with Crippen LogP contribution in [0.1, 0.15) is 44.5 Å². The van der Waals surface area contributed by atoms with Gasteiger partial charge in [-0.25, -0.2) is 0 Å². The van der Waals surface area contributed by atoms with Crippen molar-refractivity contribution >= 4 is 10.9 Å². The molecule has 3 aromatic rings. The topological polar surface area (TPSA) is 117 Å². The predicted molar refractivity (Wildman–Crippen MR) is 134 cm³/mol. The minimum Gasteiger partial charge on any atom is -0.478 e. The Bertz CT molecular complexity index is 1150. The van der Waals surface area contributed by atoms with E-state index in [9.17, 15) is 5.11 Å². The molecule has 1 aliphatic rings. The van der Waals surface area contributed by atoms with E-state index in [1.54, 1.807) is 0 Å². The summed E-state index contributed by atoms with van der Waals surface area (Å²) in [4.78, 5) is 2.35. The average molecular weight is 468 g/mol. The van der Waals surface area contributed by atoms with Gasteiger partial charge in [0.15, 0.2) is 5.88 Å². The zero-order valence-corrected chi connectivity index (χ0v) is 20.6. The minimum atomic E-state index is -0.193. The third-order valence-corrected chi connectivity index (χ3v) is 6.69. The highest BCUT2D eigenvalue weighted by atomic mass is 16.5. The molecule has 3 heterocycles. The number of aromatic nitrogens is 4. The van der Waals surface area contributed by atoms with Gasteiger partial charge in [0.2, 0.25) is 0 Å². The van der Waals surface area contributed by atoms with Gasteiger partial charge in [-0.15, -0.1) is 0 Å². The molecule has 0 fully saturated rings. The van der Waals surface area contributed by atoms with Crippen molar-refractivity contribution in [1.29, 1.82) is 0 Å². The number of H-pyrrole nitrogens is 1. The van der Waals surface area contributed by atoms with Gasteiger partial charge in [-0.2, -0.15) is 10.2 Å². The number of rotatable bonds is 5. The maximum Gasteiger partial charge on any atom is 0.187 e. The fourth-order valence-electron chi connectivity index (χ4n) is 4.65. The van der Waals surface area contributed by atoms with Crippen molar-refractivity contribution in [2.75, 3.05) is 32.8 Å². The summed E-state index contributed by atoms with van der Waals surface area (Å²) in [6.45, 7) is 9.67. The molecular weight excluding hydrogens is 430 g/mol. The van der Waals surface area contributed by atoms with Crippen LogP contribution < -0.4 is 11.1 Å². The van der Waals surface area contributed by atoms with Crippen LogP contribution in [0, 0.1) is 0 Å². The van der Waals surface area contributed by atoms with E-state index in [1.165, 1.54) is 5.69 Å². The molecule has 1 aromatic carbocycles. The van der Waals surface area contributed by atoms with Gasteiger partial charge in [0.1, 0.15) is 6.61 Å². The first-order valence-electron chi connectivity index (χ1n) is 12.1. The van der Waals surface area contributed by atoms with E-state index in [2.05, 4.69) is 57.6 Å². The van der Waals surface area contributed by atoms with Gasteiger partial charge in [0.25, 0.3) is 0 Å². The molecule has 184 valence electrons. The molecule has 2 unspecified atom stereocenters. The van der Waals surface area contributed by atoms with Crippen LogP contribution in [0.3, 0.4) is 0 Å². The monoisotopic (exact) mass is 467 g/mol. The summed E-state index contributed by atoms with van der Waals surface area (Å²) in [6, 6.07) is 6.22. The molecule has 5 N–H and O–H groups in total. The van der Waals surface area contributed by atoms with Crippen molar-refractivity contribution in [1.82, 2.24) is 30.2 Å². The number of aryl methyl sites for hydroxylation is 1. The fourth-order valence-corrected chi connectivity index (χ4v) is 4.65. The summed E-state index contributed by atoms with van der Waals surface area (Å²) >= 11 is 0. The second-order valence-electron chi connectivity index (χ2n) is 9.11. The largest absolute Gasteiger partial charge is 0.478 e. The number of nitrogens with zero attached hydrogens (tertiary/aromatic N) is 4. The molecule has 9 heteroatoms. The van der Waals surface area contributed by atoms with E-state index in [-0.39, 0.29) is 18.6 Å². The lowest BCUT2D eigenvalue weighted by Gasteiger charge is -2.25. The lowest BCUT2D eigenvalue weighted by atomic mass is 9.92. The standard InChI is InChI=1S/C25H37N7O2/c1-5-32-9-11-34-25(27-8-10-33)19(17(3)26)12-16(2)24-20-13-18(6-7-22(20)29-30-24)21-14-28-31(4)23(21)15-32/h6-7,13-14,16-17,27,33H,5,8-12,15,26H2,1-4H3,(H,29,30)/b25-19+. The molecular formula is C25H37N7O2. The van der Waals surface area contributed by atoms with E-state index in [0.29, 0.717) is 25.5 Å². The Hall–Kier alpha value is -2.88. The maximum absolute atomic E-state index is 9.41. The molecule has 0 saturated heterocycles. The Kier molecular flexibility index (Phi) is 7.55. The van der Waals surface area contributed by atoms with Gasteiger partial charge in [0.05, 0.1) is 24.0 Å². The summed E-state index contributed by atoms with van der Waals surface area (Å²) in [5.41, 5.74) is 12.9. The molecule has 4 rings (SSSR count). The summed E-state index contributed by atoms with van der Waals surface area (Å²) in [5.74, 6) is 0.814.